The topological polar surface area (TPSA) is 26.3 Å². The summed E-state index contributed by atoms with van der Waals surface area (Å²) in [5.74, 6) is -0.246. The van der Waals surface area contributed by atoms with Gasteiger partial charge in [-0.15, -0.1) is 0 Å². The number of hydrogen-bond donors (Lipinski definition) is 0. The Hall–Kier alpha value is 0.326. The van der Waals surface area contributed by atoms with E-state index in [1.54, 1.807) is 0 Å². The number of benzene rings is 1. The summed E-state index contributed by atoms with van der Waals surface area (Å²) in [7, 11) is 0. The summed E-state index contributed by atoms with van der Waals surface area (Å²) in [5.41, 5.74) is 0. The Morgan fingerprint density at radius 1 is 1.21 bits per heavy atom. The first-order chi connectivity index (χ1) is 6.00. The molecule has 0 aromatic heterocycles. The fourth-order valence-corrected chi connectivity index (χ4v) is 1.31. The van der Waals surface area contributed by atoms with E-state index >= 15 is 0 Å². The molecule has 0 bridgehead atoms. The number of carbonyl (C=O) groups is 1. The third kappa shape index (κ3) is 3.83. The van der Waals surface area contributed by atoms with Gasteiger partial charge in [-0.05, 0) is 6.07 Å². The number of rotatable bonds is 1. The molecule has 0 fully saturated rings. The zero-order valence-corrected chi connectivity index (χ0v) is 11.0. The van der Waals surface area contributed by atoms with Crippen molar-refractivity contribution in [3.05, 3.63) is 27.2 Å². The van der Waals surface area contributed by atoms with Gasteiger partial charge >= 0.3 is 29.0 Å². The van der Waals surface area contributed by atoms with E-state index in [2.05, 4.69) is 0 Å². The Bertz CT molecular complexity index is 363. The molecule has 0 amide bonds. The summed E-state index contributed by atoms with van der Waals surface area (Å²) >= 11 is 17.1. The van der Waals surface area contributed by atoms with Crippen LogP contribution in [0.2, 0.25) is 15.1 Å². The van der Waals surface area contributed by atoms with Crippen LogP contribution in [0.5, 0.6) is 5.75 Å². The van der Waals surface area contributed by atoms with Gasteiger partial charge in [0.2, 0.25) is 0 Å². The normalized spacial score (nSPS) is 9.14. The van der Waals surface area contributed by atoms with E-state index in [0.29, 0.717) is 10.0 Å². The van der Waals surface area contributed by atoms with Crippen LogP contribution in [-0.4, -0.2) is 29.0 Å². The molecule has 6 heteroatoms. The van der Waals surface area contributed by atoms with Crippen molar-refractivity contribution in [2.75, 3.05) is 0 Å². The molecule has 0 saturated carbocycles. The minimum absolute atomic E-state index is 0. The molecule has 0 unspecified atom stereocenters. The standard InChI is InChI=1S/C8H5Cl3O2.Mg.2H/c1-4(12)13-8-3-6(10)5(9)2-7(8)11;;;/h2-3H,1H3;;;/q;+2;2*-1. The van der Waals surface area contributed by atoms with Gasteiger partial charge in [0, 0.05) is 13.0 Å². The Kier molecular flexibility index (Phi) is 6.17. The van der Waals surface area contributed by atoms with Crippen molar-refractivity contribution >= 4 is 63.8 Å². The number of esters is 1. The van der Waals surface area contributed by atoms with Crippen molar-refractivity contribution in [3.8, 4) is 5.75 Å². The van der Waals surface area contributed by atoms with E-state index in [-0.39, 0.29) is 36.7 Å². The number of carbonyl (C=O) groups excluding carboxylic acids is 1. The second kappa shape index (κ2) is 6.03. The van der Waals surface area contributed by atoms with Gasteiger partial charge in [-0.1, -0.05) is 34.8 Å². The van der Waals surface area contributed by atoms with Gasteiger partial charge in [0.25, 0.3) is 0 Å². The number of ether oxygens (including phenoxy) is 1. The second-order valence-electron chi connectivity index (χ2n) is 2.29. The summed E-state index contributed by atoms with van der Waals surface area (Å²) < 4.78 is 4.77. The summed E-state index contributed by atoms with van der Waals surface area (Å²) in [5, 5.41) is 0.870. The third-order valence-electron chi connectivity index (χ3n) is 1.23. The molecule has 0 aliphatic rings. The Morgan fingerprint density at radius 3 is 2.21 bits per heavy atom. The number of halogens is 3. The van der Waals surface area contributed by atoms with Crippen LogP contribution in [-0.2, 0) is 4.79 Å². The van der Waals surface area contributed by atoms with Crippen molar-refractivity contribution in [1.29, 1.82) is 0 Å². The molecule has 0 atom stereocenters. The van der Waals surface area contributed by atoms with E-state index in [0.717, 1.165) is 0 Å². The minimum Gasteiger partial charge on any atom is -1.00 e. The van der Waals surface area contributed by atoms with Crippen molar-refractivity contribution in [3.63, 3.8) is 0 Å². The van der Waals surface area contributed by atoms with Gasteiger partial charge in [-0.25, -0.2) is 0 Å². The van der Waals surface area contributed by atoms with Crippen molar-refractivity contribution in [2.24, 2.45) is 0 Å². The molecule has 1 aromatic rings. The first-order valence-corrected chi connectivity index (χ1v) is 4.47. The molecular formula is C8H7Cl3MgO2. The Labute approximate surface area is 116 Å². The van der Waals surface area contributed by atoms with Crippen LogP contribution in [0.4, 0.5) is 0 Å². The van der Waals surface area contributed by atoms with Crippen molar-refractivity contribution in [2.45, 2.75) is 6.92 Å². The zero-order chi connectivity index (χ0) is 10.0. The molecule has 0 radical (unpaired) electrons. The maximum Gasteiger partial charge on any atom is 2.00 e. The predicted octanol–water partition coefficient (Wildman–Crippen LogP) is 3.42. The molecule has 1 rings (SSSR count). The van der Waals surface area contributed by atoms with Crippen molar-refractivity contribution < 1.29 is 12.4 Å². The molecule has 0 spiro atoms. The summed E-state index contributed by atoms with van der Waals surface area (Å²) in [6, 6.07) is 2.82. The summed E-state index contributed by atoms with van der Waals surface area (Å²) in [6.07, 6.45) is 0. The second-order valence-corrected chi connectivity index (χ2v) is 3.51. The van der Waals surface area contributed by atoms with Gasteiger partial charge in [0.15, 0.2) is 5.75 Å². The van der Waals surface area contributed by atoms with E-state index in [1.165, 1.54) is 19.1 Å². The zero-order valence-electron chi connectivity index (χ0n) is 9.31. The Morgan fingerprint density at radius 2 is 1.71 bits per heavy atom. The van der Waals surface area contributed by atoms with Crippen LogP contribution >= 0.6 is 34.8 Å². The van der Waals surface area contributed by atoms with Crippen LogP contribution in [0.1, 0.15) is 9.78 Å². The molecule has 74 valence electrons. The third-order valence-corrected chi connectivity index (χ3v) is 2.25. The quantitative estimate of drug-likeness (QED) is 0.337. The van der Waals surface area contributed by atoms with Gasteiger partial charge in [0.1, 0.15) is 0 Å². The maximum absolute atomic E-state index is 10.6. The molecule has 0 aliphatic heterocycles. The van der Waals surface area contributed by atoms with Gasteiger partial charge in [0.05, 0.1) is 15.1 Å². The monoisotopic (exact) mass is 264 g/mol. The molecule has 0 N–H and O–H groups in total. The molecule has 0 heterocycles. The largest absolute Gasteiger partial charge is 2.00 e. The predicted molar refractivity (Wildman–Crippen MR) is 60.8 cm³/mol. The molecule has 2 nitrogen and oxygen atoms in total. The fourth-order valence-electron chi connectivity index (χ4n) is 0.737. The summed E-state index contributed by atoms with van der Waals surface area (Å²) in [4.78, 5) is 10.6. The van der Waals surface area contributed by atoms with Crippen molar-refractivity contribution in [1.82, 2.24) is 0 Å². The van der Waals surface area contributed by atoms with E-state index in [1.807, 2.05) is 0 Å². The smallest absolute Gasteiger partial charge is 1.00 e. The van der Waals surface area contributed by atoms with Gasteiger partial charge < -0.3 is 7.59 Å². The first kappa shape index (κ1) is 14.3. The average Bonchev–Trinajstić information content (AvgIpc) is 1.99. The van der Waals surface area contributed by atoms with E-state index in [4.69, 9.17) is 39.5 Å². The van der Waals surface area contributed by atoms with Crippen LogP contribution in [0.15, 0.2) is 12.1 Å². The maximum atomic E-state index is 10.6. The fraction of sp³-hybridized carbons (Fsp3) is 0.125. The van der Waals surface area contributed by atoms with Crippen LogP contribution in [0.25, 0.3) is 0 Å². The average molecular weight is 266 g/mol. The van der Waals surface area contributed by atoms with Crippen LogP contribution < -0.4 is 4.74 Å². The molecule has 1 aromatic carbocycles. The molecule has 0 saturated heterocycles. The van der Waals surface area contributed by atoms with E-state index in [9.17, 15) is 4.79 Å². The first-order valence-electron chi connectivity index (χ1n) is 3.33. The number of hydrogen-bond acceptors (Lipinski definition) is 2. The van der Waals surface area contributed by atoms with E-state index < -0.39 is 5.97 Å². The molecular weight excluding hydrogens is 259 g/mol. The van der Waals surface area contributed by atoms with Gasteiger partial charge in [-0.3, -0.25) is 4.79 Å². The minimum atomic E-state index is -0.458. The molecule has 0 aliphatic carbocycles. The SMILES string of the molecule is CC(=O)Oc1cc(Cl)c(Cl)cc1Cl.[H-].[H-].[Mg+2]. The Balaban J connectivity index is -0.000000563. The molecule has 14 heavy (non-hydrogen) atoms. The summed E-state index contributed by atoms with van der Waals surface area (Å²) in [6.45, 7) is 1.28. The van der Waals surface area contributed by atoms with Gasteiger partial charge in [-0.2, -0.15) is 0 Å². The van der Waals surface area contributed by atoms with Crippen LogP contribution in [0.3, 0.4) is 0 Å². The van der Waals surface area contributed by atoms with Crippen LogP contribution in [0, 0.1) is 0 Å².